The van der Waals surface area contributed by atoms with Crippen molar-refractivity contribution in [2.75, 3.05) is 11.6 Å². The van der Waals surface area contributed by atoms with Crippen molar-refractivity contribution >= 4 is 39.9 Å². The standard InChI is InChI=1S/C17H14N4O4S/c1-26-15-5-3-2-4-14(15)19-16(22)9-20-10-18-13-7-6-11(21(24)25)8-12(13)17(20)23/h2-8,10H,9H2,1H3,(H,19,22). The van der Waals surface area contributed by atoms with E-state index in [1.165, 1.54) is 36.3 Å². The molecule has 0 spiro atoms. The number of rotatable bonds is 5. The van der Waals surface area contributed by atoms with Gasteiger partial charge in [0.05, 0.1) is 27.8 Å². The molecule has 0 aliphatic heterocycles. The van der Waals surface area contributed by atoms with Crippen LogP contribution in [0.25, 0.3) is 10.9 Å². The summed E-state index contributed by atoms with van der Waals surface area (Å²) >= 11 is 1.49. The van der Waals surface area contributed by atoms with Gasteiger partial charge in [-0.05, 0) is 24.5 Å². The van der Waals surface area contributed by atoms with E-state index in [1.54, 1.807) is 12.1 Å². The molecule has 1 aromatic heterocycles. The molecule has 0 bridgehead atoms. The number of anilines is 1. The van der Waals surface area contributed by atoms with E-state index in [2.05, 4.69) is 10.3 Å². The van der Waals surface area contributed by atoms with Crippen molar-refractivity contribution < 1.29 is 9.72 Å². The average Bonchev–Trinajstić information content (AvgIpc) is 2.64. The molecular weight excluding hydrogens is 356 g/mol. The number of amides is 1. The molecule has 9 heteroatoms. The van der Waals surface area contributed by atoms with Crippen molar-refractivity contribution in [2.45, 2.75) is 11.4 Å². The first kappa shape index (κ1) is 17.6. The summed E-state index contributed by atoms with van der Waals surface area (Å²) in [5.41, 5.74) is 0.284. The highest BCUT2D eigenvalue weighted by Crippen LogP contribution is 2.24. The van der Waals surface area contributed by atoms with Crippen LogP contribution in [-0.4, -0.2) is 26.6 Å². The molecule has 3 aromatic rings. The number of hydrogen-bond acceptors (Lipinski definition) is 6. The Balaban J connectivity index is 1.88. The number of thioether (sulfide) groups is 1. The Labute approximate surface area is 152 Å². The van der Waals surface area contributed by atoms with E-state index < -0.39 is 10.5 Å². The molecule has 1 N–H and O–H groups in total. The molecule has 2 aromatic carbocycles. The lowest BCUT2D eigenvalue weighted by Crippen LogP contribution is -2.28. The summed E-state index contributed by atoms with van der Waals surface area (Å²) in [7, 11) is 0. The molecule has 0 unspecified atom stereocenters. The fourth-order valence-electron chi connectivity index (χ4n) is 2.47. The topological polar surface area (TPSA) is 107 Å². The number of benzene rings is 2. The average molecular weight is 370 g/mol. The normalized spacial score (nSPS) is 10.7. The van der Waals surface area contributed by atoms with Crippen LogP contribution >= 0.6 is 11.8 Å². The number of hydrogen-bond donors (Lipinski definition) is 1. The Morgan fingerprint density at radius 1 is 1.31 bits per heavy atom. The Morgan fingerprint density at radius 3 is 2.81 bits per heavy atom. The van der Waals surface area contributed by atoms with E-state index in [4.69, 9.17) is 0 Å². The monoisotopic (exact) mass is 370 g/mol. The van der Waals surface area contributed by atoms with Gasteiger partial charge < -0.3 is 5.32 Å². The van der Waals surface area contributed by atoms with Gasteiger partial charge in [0, 0.05) is 17.0 Å². The van der Waals surface area contributed by atoms with Crippen LogP contribution in [0.1, 0.15) is 0 Å². The lowest BCUT2D eigenvalue weighted by Gasteiger charge is -2.10. The highest BCUT2D eigenvalue weighted by molar-refractivity contribution is 7.98. The lowest BCUT2D eigenvalue weighted by molar-refractivity contribution is -0.384. The number of carbonyl (C=O) groups is 1. The molecule has 0 atom stereocenters. The largest absolute Gasteiger partial charge is 0.324 e. The maximum absolute atomic E-state index is 12.5. The number of carbonyl (C=O) groups excluding carboxylic acids is 1. The van der Waals surface area contributed by atoms with Crippen molar-refractivity contribution in [3.8, 4) is 0 Å². The third-order valence-electron chi connectivity index (χ3n) is 3.71. The number of nitro groups is 1. The summed E-state index contributed by atoms with van der Waals surface area (Å²) < 4.78 is 1.13. The lowest BCUT2D eigenvalue weighted by atomic mass is 10.2. The highest BCUT2D eigenvalue weighted by atomic mass is 32.2. The zero-order chi connectivity index (χ0) is 18.7. The van der Waals surface area contributed by atoms with Gasteiger partial charge >= 0.3 is 0 Å². The van der Waals surface area contributed by atoms with E-state index in [1.807, 2.05) is 18.4 Å². The van der Waals surface area contributed by atoms with Crippen molar-refractivity contribution in [1.82, 2.24) is 9.55 Å². The van der Waals surface area contributed by atoms with Gasteiger partial charge in [0.25, 0.3) is 11.2 Å². The Bertz CT molecular complexity index is 1060. The summed E-state index contributed by atoms with van der Waals surface area (Å²) in [6.07, 6.45) is 3.16. The molecule has 1 amide bonds. The second-order valence-corrected chi connectivity index (χ2v) is 6.23. The quantitative estimate of drug-likeness (QED) is 0.420. The van der Waals surface area contributed by atoms with Crippen molar-refractivity contribution in [3.05, 3.63) is 69.3 Å². The van der Waals surface area contributed by atoms with E-state index in [9.17, 15) is 19.7 Å². The number of nitro benzene ring substituents is 1. The number of non-ortho nitro benzene ring substituents is 1. The summed E-state index contributed by atoms with van der Waals surface area (Å²) in [6, 6.07) is 11.2. The van der Waals surface area contributed by atoms with E-state index in [-0.39, 0.29) is 23.5 Å². The van der Waals surface area contributed by atoms with Crippen molar-refractivity contribution in [2.24, 2.45) is 0 Å². The van der Waals surface area contributed by atoms with Gasteiger partial charge in [-0.3, -0.25) is 24.3 Å². The van der Waals surface area contributed by atoms with Crippen LogP contribution < -0.4 is 10.9 Å². The zero-order valence-electron chi connectivity index (χ0n) is 13.7. The van der Waals surface area contributed by atoms with Crippen LogP contribution in [0.2, 0.25) is 0 Å². The number of nitrogens with one attached hydrogen (secondary N) is 1. The van der Waals surface area contributed by atoms with Gasteiger partial charge in [-0.15, -0.1) is 11.8 Å². The molecule has 0 radical (unpaired) electrons. The number of para-hydroxylation sites is 1. The fraction of sp³-hybridized carbons (Fsp3) is 0.118. The molecular formula is C17H14N4O4S. The number of fused-ring (bicyclic) bond motifs is 1. The van der Waals surface area contributed by atoms with Gasteiger partial charge in [-0.25, -0.2) is 4.98 Å². The maximum Gasteiger partial charge on any atom is 0.270 e. The highest BCUT2D eigenvalue weighted by Gasteiger charge is 2.13. The summed E-state index contributed by atoms with van der Waals surface area (Å²) in [4.78, 5) is 40.1. The zero-order valence-corrected chi connectivity index (χ0v) is 14.5. The van der Waals surface area contributed by atoms with Crippen LogP contribution in [0, 0.1) is 10.1 Å². The van der Waals surface area contributed by atoms with Crippen LogP contribution in [0.15, 0.2) is 58.5 Å². The van der Waals surface area contributed by atoms with Gasteiger partial charge in [-0.1, -0.05) is 12.1 Å². The van der Waals surface area contributed by atoms with Crippen LogP contribution in [0.3, 0.4) is 0 Å². The van der Waals surface area contributed by atoms with Crippen LogP contribution in [0.5, 0.6) is 0 Å². The van der Waals surface area contributed by atoms with Gasteiger partial charge in [0.1, 0.15) is 6.54 Å². The molecule has 26 heavy (non-hydrogen) atoms. The van der Waals surface area contributed by atoms with Gasteiger partial charge in [-0.2, -0.15) is 0 Å². The molecule has 3 rings (SSSR count). The van der Waals surface area contributed by atoms with Gasteiger partial charge in [0.2, 0.25) is 5.91 Å². The van der Waals surface area contributed by atoms with Crippen molar-refractivity contribution in [3.63, 3.8) is 0 Å². The predicted octanol–water partition coefficient (Wildman–Crippen LogP) is 2.67. The minimum Gasteiger partial charge on any atom is -0.324 e. The predicted molar refractivity (Wildman–Crippen MR) is 99.5 cm³/mol. The van der Waals surface area contributed by atoms with E-state index in [0.29, 0.717) is 11.2 Å². The first-order valence-electron chi connectivity index (χ1n) is 7.56. The molecule has 0 aliphatic carbocycles. The molecule has 8 nitrogen and oxygen atoms in total. The molecule has 1 heterocycles. The van der Waals surface area contributed by atoms with Crippen LogP contribution in [-0.2, 0) is 11.3 Å². The van der Waals surface area contributed by atoms with Gasteiger partial charge in [0.15, 0.2) is 0 Å². The molecule has 0 fully saturated rings. The Kier molecular flexibility index (Phi) is 4.99. The SMILES string of the molecule is CSc1ccccc1NC(=O)Cn1cnc2ccc([N+](=O)[O-])cc2c1=O. The molecule has 0 saturated carbocycles. The third kappa shape index (κ3) is 3.57. The van der Waals surface area contributed by atoms with Crippen molar-refractivity contribution in [1.29, 1.82) is 0 Å². The van der Waals surface area contributed by atoms with E-state index in [0.717, 1.165) is 9.46 Å². The van der Waals surface area contributed by atoms with E-state index >= 15 is 0 Å². The summed E-state index contributed by atoms with van der Waals surface area (Å²) in [6.45, 7) is -0.243. The minimum atomic E-state index is -0.581. The Hall–Kier alpha value is -3.20. The second kappa shape index (κ2) is 7.36. The fourth-order valence-corrected chi connectivity index (χ4v) is 3.02. The minimum absolute atomic E-state index is 0.0963. The number of aromatic nitrogens is 2. The molecule has 0 aliphatic rings. The first-order chi connectivity index (χ1) is 12.5. The molecule has 0 saturated heterocycles. The molecule has 132 valence electrons. The third-order valence-corrected chi connectivity index (χ3v) is 4.51. The summed E-state index contributed by atoms with van der Waals surface area (Å²) in [5, 5.41) is 13.7. The maximum atomic E-state index is 12.5. The smallest absolute Gasteiger partial charge is 0.270 e. The summed E-state index contributed by atoms with van der Waals surface area (Å²) in [5.74, 6) is -0.389. The first-order valence-corrected chi connectivity index (χ1v) is 8.78. The Morgan fingerprint density at radius 2 is 2.08 bits per heavy atom. The number of nitrogens with zero attached hydrogens (tertiary/aromatic N) is 3. The van der Waals surface area contributed by atoms with Crippen LogP contribution in [0.4, 0.5) is 11.4 Å². The second-order valence-electron chi connectivity index (χ2n) is 5.38.